The third-order valence-electron chi connectivity index (χ3n) is 2.31. The van der Waals surface area contributed by atoms with Gasteiger partial charge in [0.05, 0.1) is 9.41 Å². The molecule has 1 rings (SSSR count). The van der Waals surface area contributed by atoms with Crippen LogP contribution in [-0.4, -0.2) is 4.92 Å². The maximum Gasteiger partial charge on any atom is 0.286 e. The summed E-state index contributed by atoms with van der Waals surface area (Å²) in [7, 11) is 0. The van der Waals surface area contributed by atoms with Crippen LogP contribution in [-0.2, 0) is 0 Å². The Bertz CT molecular complexity index is 440. The predicted octanol–water partition coefficient (Wildman–Crippen LogP) is 4.13. The monoisotopic (exact) mass is 295 g/mol. The van der Waals surface area contributed by atoms with Crippen molar-refractivity contribution in [1.82, 2.24) is 0 Å². The first kappa shape index (κ1) is 13.6. The van der Waals surface area contributed by atoms with Gasteiger partial charge < -0.3 is 0 Å². The molecule has 0 amide bonds. The first-order valence-electron chi connectivity index (χ1n) is 5.25. The van der Waals surface area contributed by atoms with E-state index in [4.69, 9.17) is 0 Å². The number of nitrogens with zero attached hydrogens (tertiary/aromatic N) is 1. The van der Waals surface area contributed by atoms with E-state index in [-0.39, 0.29) is 16.5 Å². The summed E-state index contributed by atoms with van der Waals surface area (Å²) >= 11 is 3.17. The third-order valence-corrected chi connectivity index (χ3v) is 2.69. The van der Waals surface area contributed by atoms with Crippen LogP contribution >= 0.6 is 15.9 Å². The smallest absolute Gasteiger partial charge is 0.258 e. The number of hydrogen-bond donors (Lipinski definition) is 0. The van der Waals surface area contributed by atoms with Crippen LogP contribution < -0.4 is 0 Å². The lowest BCUT2D eigenvalue weighted by Gasteiger charge is -1.98. The number of halogens is 1. The minimum atomic E-state index is -0.365. The summed E-state index contributed by atoms with van der Waals surface area (Å²) in [6, 6.07) is 0. The Kier molecular flexibility index (Phi) is 5.10. The standard InChI is InChI=1S/C13H14BrNO2/c1-3-4-5-6-11-7-8-12(9-11)13(10(2)14)15(16)17/h3,5-9,11H,1,4H2,2H3/b6-5-,13-10-. The van der Waals surface area contributed by atoms with Crippen LogP contribution in [0, 0.1) is 16.0 Å². The Morgan fingerprint density at radius 1 is 1.71 bits per heavy atom. The van der Waals surface area contributed by atoms with Crippen molar-refractivity contribution in [3.8, 4) is 0 Å². The van der Waals surface area contributed by atoms with Crippen LogP contribution in [0.1, 0.15) is 13.3 Å². The van der Waals surface area contributed by atoms with Gasteiger partial charge in [-0.15, -0.1) is 6.58 Å². The highest BCUT2D eigenvalue weighted by atomic mass is 79.9. The summed E-state index contributed by atoms with van der Waals surface area (Å²) in [5, 5.41) is 10.9. The Morgan fingerprint density at radius 3 is 2.94 bits per heavy atom. The highest BCUT2D eigenvalue weighted by Crippen LogP contribution is 2.27. The molecule has 0 aliphatic heterocycles. The van der Waals surface area contributed by atoms with Gasteiger partial charge >= 0.3 is 0 Å². The van der Waals surface area contributed by atoms with Gasteiger partial charge in [0.25, 0.3) is 5.70 Å². The molecular weight excluding hydrogens is 282 g/mol. The van der Waals surface area contributed by atoms with Gasteiger partial charge in [-0.25, -0.2) is 0 Å². The van der Waals surface area contributed by atoms with Gasteiger partial charge in [0.15, 0.2) is 0 Å². The van der Waals surface area contributed by atoms with Gasteiger partial charge in [-0.2, -0.15) is 0 Å². The molecule has 0 saturated heterocycles. The van der Waals surface area contributed by atoms with Crippen molar-refractivity contribution in [2.75, 3.05) is 0 Å². The molecule has 0 aromatic carbocycles. The van der Waals surface area contributed by atoms with E-state index in [2.05, 4.69) is 22.5 Å². The van der Waals surface area contributed by atoms with Crippen LogP contribution in [0.2, 0.25) is 0 Å². The van der Waals surface area contributed by atoms with E-state index in [9.17, 15) is 10.1 Å². The molecule has 0 aromatic heterocycles. The maximum absolute atomic E-state index is 10.9. The average Bonchev–Trinajstić information content (AvgIpc) is 2.65. The fraction of sp³-hybridized carbons (Fsp3) is 0.231. The molecule has 0 radical (unpaired) electrons. The van der Waals surface area contributed by atoms with Crippen molar-refractivity contribution >= 4 is 15.9 Å². The Hall–Kier alpha value is -1.42. The van der Waals surface area contributed by atoms with Crippen LogP contribution in [0.3, 0.4) is 0 Å². The van der Waals surface area contributed by atoms with E-state index in [1.54, 1.807) is 13.0 Å². The second-order valence-electron chi connectivity index (χ2n) is 3.65. The van der Waals surface area contributed by atoms with Gasteiger partial charge in [0.1, 0.15) is 0 Å². The minimum Gasteiger partial charge on any atom is -0.258 e. The molecule has 90 valence electrons. The number of allylic oxidation sites excluding steroid dienone is 7. The third kappa shape index (κ3) is 3.82. The second-order valence-corrected chi connectivity index (χ2v) is 4.84. The van der Waals surface area contributed by atoms with Crippen molar-refractivity contribution < 1.29 is 4.92 Å². The normalized spacial score (nSPS) is 20.4. The van der Waals surface area contributed by atoms with Crippen LogP contribution in [0.25, 0.3) is 0 Å². The van der Waals surface area contributed by atoms with E-state index < -0.39 is 0 Å². The Morgan fingerprint density at radius 2 is 2.41 bits per heavy atom. The molecule has 17 heavy (non-hydrogen) atoms. The molecule has 1 unspecified atom stereocenters. The highest BCUT2D eigenvalue weighted by molar-refractivity contribution is 9.11. The topological polar surface area (TPSA) is 43.1 Å². The molecule has 0 N–H and O–H groups in total. The zero-order chi connectivity index (χ0) is 12.8. The van der Waals surface area contributed by atoms with Gasteiger partial charge in [0, 0.05) is 11.5 Å². The molecule has 1 aliphatic rings. The fourth-order valence-corrected chi connectivity index (χ4v) is 1.95. The molecule has 4 heteroatoms. The quantitative estimate of drug-likeness (QED) is 0.435. The maximum atomic E-state index is 10.9. The molecule has 0 aromatic rings. The Labute approximate surface area is 109 Å². The molecule has 0 bridgehead atoms. The Balaban J connectivity index is 2.86. The largest absolute Gasteiger partial charge is 0.286 e. The first-order valence-corrected chi connectivity index (χ1v) is 6.04. The van der Waals surface area contributed by atoms with Crippen LogP contribution in [0.15, 0.2) is 58.8 Å². The van der Waals surface area contributed by atoms with E-state index in [1.165, 1.54) is 0 Å². The van der Waals surface area contributed by atoms with Gasteiger partial charge in [-0.1, -0.05) is 36.5 Å². The first-order chi connectivity index (χ1) is 8.06. The van der Waals surface area contributed by atoms with E-state index in [1.807, 2.05) is 30.4 Å². The fourth-order valence-electron chi connectivity index (χ4n) is 1.57. The SMILES string of the molecule is C=CC/C=C\C1C=CC(/C(=C(\C)Br)[N+](=O)[O-])=C1. The van der Waals surface area contributed by atoms with Gasteiger partial charge in [-0.05, 0) is 29.3 Å². The number of nitro groups is 1. The molecule has 1 atom stereocenters. The van der Waals surface area contributed by atoms with Gasteiger partial charge in [-0.3, -0.25) is 10.1 Å². The van der Waals surface area contributed by atoms with E-state index in [0.29, 0.717) is 10.1 Å². The molecule has 0 saturated carbocycles. The van der Waals surface area contributed by atoms with Gasteiger partial charge in [0.2, 0.25) is 0 Å². The molecule has 3 nitrogen and oxygen atoms in total. The number of rotatable bonds is 5. The van der Waals surface area contributed by atoms with Crippen molar-refractivity contribution in [1.29, 1.82) is 0 Å². The molecule has 1 aliphatic carbocycles. The summed E-state index contributed by atoms with van der Waals surface area (Å²) in [6.45, 7) is 5.30. The van der Waals surface area contributed by atoms with Crippen molar-refractivity contribution in [3.05, 3.63) is 68.9 Å². The van der Waals surface area contributed by atoms with E-state index >= 15 is 0 Å². The lowest BCUT2D eigenvalue weighted by Crippen LogP contribution is -2.01. The minimum absolute atomic E-state index is 0.126. The summed E-state index contributed by atoms with van der Waals surface area (Å²) in [4.78, 5) is 10.5. The lowest BCUT2D eigenvalue weighted by molar-refractivity contribution is -0.420. The van der Waals surface area contributed by atoms with E-state index in [0.717, 1.165) is 6.42 Å². The predicted molar refractivity (Wildman–Crippen MR) is 73.3 cm³/mol. The number of hydrogen-bond acceptors (Lipinski definition) is 2. The summed E-state index contributed by atoms with van der Waals surface area (Å²) in [5.41, 5.74) is 0.776. The molecular formula is C13H14BrNO2. The molecule has 0 heterocycles. The van der Waals surface area contributed by atoms with Crippen LogP contribution in [0.5, 0.6) is 0 Å². The summed E-state index contributed by atoms with van der Waals surface area (Å²) in [6.07, 6.45) is 12.2. The van der Waals surface area contributed by atoms with Crippen molar-refractivity contribution in [2.24, 2.45) is 5.92 Å². The lowest BCUT2D eigenvalue weighted by atomic mass is 10.1. The van der Waals surface area contributed by atoms with Crippen molar-refractivity contribution in [2.45, 2.75) is 13.3 Å². The molecule has 0 fully saturated rings. The second kappa shape index (κ2) is 6.35. The average molecular weight is 296 g/mol. The highest BCUT2D eigenvalue weighted by Gasteiger charge is 2.21. The summed E-state index contributed by atoms with van der Waals surface area (Å²) in [5.74, 6) is 0.131. The zero-order valence-electron chi connectivity index (χ0n) is 9.60. The van der Waals surface area contributed by atoms with Crippen LogP contribution in [0.4, 0.5) is 0 Å². The molecule has 0 spiro atoms. The summed E-state index contributed by atoms with van der Waals surface area (Å²) < 4.78 is 0.536. The zero-order valence-corrected chi connectivity index (χ0v) is 11.2. The van der Waals surface area contributed by atoms with Crippen molar-refractivity contribution in [3.63, 3.8) is 0 Å².